The van der Waals surface area contributed by atoms with Gasteiger partial charge in [-0.25, -0.2) is 4.98 Å². The van der Waals surface area contributed by atoms with Crippen LogP contribution in [0.15, 0.2) is 30.5 Å². The minimum Gasteiger partial charge on any atom is -0.542 e. The fraction of sp³-hybridized carbons (Fsp3) is 0.0909. The number of carbonyl (C=O) groups is 1. The monoisotopic (exact) mass is 225 g/mol. The molecular formula is C11H8LiNO2S. The third-order valence-corrected chi connectivity index (χ3v) is 3.01. The van der Waals surface area contributed by atoms with Crippen LogP contribution in [0.3, 0.4) is 0 Å². The van der Waals surface area contributed by atoms with Crippen LogP contribution in [0.5, 0.6) is 0 Å². The number of hydrogen-bond acceptors (Lipinski definition) is 4. The average molecular weight is 225 g/mol. The van der Waals surface area contributed by atoms with E-state index < -0.39 is 5.97 Å². The summed E-state index contributed by atoms with van der Waals surface area (Å²) < 4.78 is 0. The fourth-order valence-electron chi connectivity index (χ4n) is 1.30. The van der Waals surface area contributed by atoms with E-state index in [2.05, 4.69) is 4.98 Å². The summed E-state index contributed by atoms with van der Waals surface area (Å²) in [5.74, 6) is -1.22. The quantitative estimate of drug-likeness (QED) is 0.584. The Hall–Kier alpha value is -1.08. The van der Waals surface area contributed by atoms with E-state index in [4.69, 9.17) is 0 Å². The number of nitrogens with zero attached hydrogens (tertiary/aromatic N) is 1. The molecule has 0 spiro atoms. The molecule has 76 valence electrons. The maximum atomic E-state index is 10.5. The van der Waals surface area contributed by atoms with E-state index in [1.165, 1.54) is 0 Å². The summed E-state index contributed by atoms with van der Waals surface area (Å²) in [4.78, 5) is 15.2. The molecule has 0 N–H and O–H groups in total. The smallest absolute Gasteiger partial charge is 0.542 e. The van der Waals surface area contributed by atoms with E-state index in [1.807, 2.05) is 31.2 Å². The predicted octanol–water partition coefficient (Wildman–Crippen LogP) is -1.51. The van der Waals surface area contributed by atoms with Gasteiger partial charge in [-0.1, -0.05) is 29.8 Å². The summed E-state index contributed by atoms with van der Waals surface area (Å²) in [6.45, 7) is 1.99. The van der Waals surface area contributed by atoms with Crippen molar-refractivity contribution in [2.24, 2.45) is 0 Å². The zero-order chi connectivity index (χ0) is 10.8. The number of rotatable bonds is 2. The second-order valence-corrected chi connectivity index (χ2v) is 4.22. The molecule has 0 aliphatic rings. The maximum Gasteiger partial charge on any atom is 1.00 e. The van der Waals surface area contributed by atoms with Gasteiger partial charge >= 0.3 is 18.9 Å². The van der Waals surface area contributed by atoms with Crippen LogP contribution >= 0.6 is 11.3 Å². The summed E-state index contributed by atoms with van der Waals surface area (Å²) in [6, 6.07) is 7.85. The van der Waals surface area contributed by atoms with Crippen molar-refractivity contribution >= 4 is 17.3 Å². The Morgan fingerprint density at radius 2 is 2.19 bits per heavy atom. The topological polar surface area (TPSA) is 53.0 Å². The maximum absolute atomic E-state index is 10.5. The molecule has 2 rings (SSSR count). The molecule has 0 bridgehead atoms. The van der Waals surface area contributed by atoms with Gasteiger partial charge in [-0.05, 0) is 12.5 Å². The van der Waals surface area contributed by atoms with Crippen molar-refractivity contribution in [3.8, 4) is 10.4 Å². The Labute approximate surface area is 109 Å². The summed E-state index contributed by atoms with van der Waals surface area (Å²) in [7, 11) is 0. The molecule has 1 aromatic heterocycles. The zero-order valence-electron chi connectivity index (χ0n) is 9.06. The van der Waals surface area contributed by atoms with E-state index in [9.17, 15) is 9.90 Å². The van der Waals surface area contributed by atoms with E-state index in [0.29, 0.717) is 0 Å². The van der Waals surface area contributed by atoms with Gasteiger partial charge in [-0.3, -0.25) is 0 Å². The van der Waals surface area contributed by atoms with Crippen LogP contribution in [0.25, 0.3) is 10.4 Å². The van der Waals surface area contributed by atoms with Gasteiger partial charge in [0.05, 0.1) is 4.88 Å². The van der Waals surface area contributed by atoms with Crippen molar-refractivity contribution < 1.29 is 28.8 Å². The van der Waals surface area contributed by atoms with E-state index >= 15 is 0 Å². The molecule has 2 aromatic rings. The minimum atomic E-state index is -1.22. The van der Waals surface area contributed by atoms with Crippen molar-refractivity contribution in [2.45, 2.75) is 6.92 Å². The minimum absolute atomic E-state index is 0. The zero-order valence-corrected chi connectivity index (χ0v) is 9.88. The number of aromatic carboxylic acids is 1. The van der Waals surface area contributed by atoms with Gasteiger partial charge in [0.1, 0.15) is 11.0 Å². The number of carbonyl (C=O) groups excluding carboxylic acids is 1. The standard InChI is InChI=1S/C11H9NO2S.Li/c1-7-3-2-4-8(5-7)9-6-12-10(15-9)11(13)14;/h2-6H,1H3,(H,13,14);/q;+1/p-1. The van der Waals surface area contributed by atoms with E-state index in [0.717, 1.165) is 27.3 Å². The van der Waals surface area contributed by atoms with Gasteiger partial charge in [0.15, 0.2) is 0 Å². The molecule has 3 nitrogen and oxygen atoms in total. The third-order valence-electron chi connectivity index (χ3n) is 1.98. The summed E-state index contributed by atoms with van der Waals surface area (Å²) in [5, 5.41) is 10.6. The van der Waals surface area contributed by atoms with Crippen molar-refractivity contribution in [1.82, 2.24) is 4.98 Å². The molecule has 0 radical (unpaired) electrons. The first-order chi connectivity index (χ1) is 7.16. The number of carboxylic acid groups (broad SMARTS) is 1. The second-order valence-electron chi connectivity index (χ2n) is 3.19. The van der Waals surface area contributed by atoms with Crippen LogP contribution < -0.4 is 24.0 Å². The fourth-order valence-corrected chi connectivity index (χ4v) is 2.05. The van der Waals surface area contributed by atoms with E-state index in [-0.39, 0.29) is 23.9 Å². The molecule has 0 aliphatic heterocycles. The first-order valence-electron chi connectivity index (χ1n) is 4.41. The SMILES string of the molecule is Cc1cccc(-c2cnc(C(=O)[O-])s2)c1.[Li+]. The van der Waals surface area contributed by atoms with Gasteiger partial charge in [0.25, 0.3) is 0 Å². The van der Waals surface area contributed by atoms with Crippen molar-refractivity contribution in [3.63, 3.8) is 0 Å². The van der Waals surface area contributed by atoms with Crippen LogP contribution in [-0.4, -0.2) is 11.0 Å². The third kappa shape index (κ3) is 2.73. The van der Waals surface area contributed by atoms with Gasteiger partial charge in [-0.2, -0.15) is 0 Å². The van der Waals surface area contributed by atoms with Gasteiger partial charge in [-0.15, -0.1) is 11.3 Å². The predicted molar refractivity (Wildman–Crippen MR) is 56.6 cm³/mol. The molecule has 1 heterocycles. The van der Waals surface area contributed by atoms with Gasteiger partial charge in [0, 0.05) is 6.20 Å². The van der Waals surface area contributed by atoms with Crippen LogP contribution in [0.1, 0.15) is 15.4 Å². The van der Waals surface area contributed by atoms with Crippen molar-refractivity contribution in [1.29, 1.82) is 0 Å². The number of thiazole rings is 1. The molecule has 16 heavy (non-hydrogen) atoms. The Kier molecular flexibility index (Phi) is 4.31. The summed E-state index contributed by atoms with van der Waals surface area (Å²) in [6.07, 6.45) is 1.56. The second kappa shape index (κ2) is 5.31. The molecule has 0 aliphatic carbocycles. The van der Waals surface area contributed by atoms with Gasteiger partial charge < -0.3 is 9.90 Å². The molecular weight excluding hydrogens is 217 g/mol. The number of aryl methyl sites for hydroxylation is 1. The first kappa shape index (κ1) is 13.0. The Morgan fingerprint density at radius 3 is 2.75 bits per heavy atom. The van der Waals surface area contributed by atoms with Crippen LogP contribution in [0.4, 0.5) is 0 Å². The molecule has 0 amide bonds. The Morgan fingerprint density at radius 1 is 1.44 bits per heavy atom. The molecule has 5 heteroatoms. The number of benzene rings is 1. The first-order valence-corrected chi connectivity index (χ1v) is 5.22. The number of aromatic nitrogens is 1. The van der Waals surface area contributed by atoms with E-state index in [1.54, 1.807) is 6.20 Å². The normalized spacial score (nSPS) is 9.56. The largest absolute Gasteiger partial charge is 1.00 e. The Bertz CT molecular complexity index is 510. The van der Waals surface area contributed by atoms with Crippen LogP contribution in [-0.2, 0) is 0 Å². The van der Waals surface area contributed by atoms with Crippen molar-refractivity contribution in [3.05, 3.63) is 41.0 Å². The molecule has 0 unspecified atom stereocenters. The average Bonchev–Trinajstić information content (AvgIpc) is 2.66. The summed E-state index contributed by atoms with van der Waals surface area (Å²) >= 11 is 1.13. The Balaban J connectivity index is 0.00000128. The number of hydrogen-bond donors (Lipinski definition) is 0. The molecule has 0 saturated carbocycles. The van der Waals surface area contributed by atoms with Crippen LogP contribution in [0.2, 0.25) is 0 Å². The molecule has 1 aromatic carbocycles. The number of carboxylic acids is 1. The molecule has 0 saturated heterocycles. The summed E-state index contributed by atoms with van der Waals surface area (Å²) in [5.41, 5.74) is 2.12. The van der Waals surface area contributed by atoms with Crippen molar-refractivity contribution in [2.75, 3.05) is 0 Å². The molecule has 0 fully saturated rings. The molecule has 0 atom stereocenters. The van der Waals surface area contributed by atoms with Gasteiger partial charge in [0.2, 0.25) is 0 Å². The van der Waals surface area contributed by atoms with Crippen LogP contribution in [0, 0.1) is 6.92 Å².